The Morgan fingerprint density at radius 1 is 0.579 bits per heavy atom. The molecule has 0 radical (unpaired) electrons. The van der Waals surface area contributed by atoms with Crippen LogP contribution < -0.4 is 5.73 Å². The summed E-state index contributed by atoms with van der Waals surface area (Å²) in [4.78, 5) is 7.81. The first kappa shape index (κ1) is 28.6. The topological polar surface area (TPSA) is 51.8 Å². The Labute approximate surface area is 223 Å². The summed E-state index contributed by atoms with van der Waals surface area (Å²) < 4.78 is 75.9. The van der Waals surface area contributed by atoms with Gasteiger partial charge in [0.15, 0.2) is 0 Å². The minimum atomic E-state index is -4.33. The summed E-state index contributed by atoms with van der Waals surface area (Å²) in [7, 11) is 0. The fourth-order valence-corrected chi connectivity index (χ4v) is 3.50. The molecule has 38 heavy (non-hydrogen) atoms. The van der Waals surface area contributed by atoms with Gasteiger partial charge in [0, 0.05) is 12.4 Å². The van der Waals surface area contributed by atoms with Gasteiger partial charge in [-0.3, -0.25) is 0 Å². The average Bonchev–Trinajstić information content (AvgIpc) is 2.86. The van der Waals surface area contributed by atoms with Crippen molar-refractivity contribution in [3.8, 4) is 0 Å². The third-order valence-electron chi connectivity index (χ3n) is 4.92. The van der Waals surface area contributed by atoms with E-state index in [1.54, 1.807) is 73.1 Å². The van der Waals surface area contributed by atoms with Crippen molar-refractivity contribution >= 4 is 46.1 Å². The Balaban J connectivity index is 0.000000211. The smallest absolute Gasteiger partial charge is 0.384 e. The molecule has 2 aromatic heterocycles. The van der Waals surface area contributed by atoms with Crippen LogP contribution in [0, 0.1) is 0 Å². The third kappa shape index (κ3) is 9.19. The first-order chi connectivity index (χ1) is 17.9. The van der Waals surface area contributed by atoms with E-state index < -0.39 is 23.5 Å². The van der Waals surface area contributed by atoms with Crippen LogP contribution in [0.1, 0.15) is 33.4 Å². The van der Waals surface area contributed by atoms with E-state index in [1.165, 1.54) is 12.1 Å². The number of halogens is 7. The van der Waals surface area contributed by atoms with E-state index in [9.17, 15) is 26.3 Å². The maximum Gasteiger partial charge on any atom is 0.416 e. The number of hydrogen-bond acceptors (Lipinski definition) is 3. The molecule has 0 bridgehead atoms. The average molecular weight is 592 g/mol. The number of nitrogens with two attached hydrogens (primary N) is 1. The number of hydrogen-bond donors (Lipinski definition) is 1. The number of nitrogen functional groups attached to an aromatic ring is 1. The minimum Gasteiger partial charge on any atom is -0.384 e. The molecule has 0 amide bonds. The summed E-state index contributed by atoms with van der Waals surface area (Å²) in [6.45, 7) is 0. The molecular weight excluding hydrogens is 572 g/mol. The van der Waals surface area contributed by atoms with Crippen LogP contribution >= 0.6 is 15.9 Å². The third-order valence-corrected chi connectivity index (χ3v) is 5.35. The van der Waals surface area contributed by atoms with Gasteiger partial charge in [-0.1, -0.05) is 48.6 Å². The molecule has 0 atom stereocenters. The van der Waals surface area contributed by atoms with Crippen LogP contribution in [-0.4, -0.2) is 9.97 Å². The number of anilines is 1. The van der Waals surface area contributed by atoms with Crippen LogP contribution in [-0.2, 0) is 12.4 Å². The highest BCUT2D eigenvalue weighted by atomic mass is 79.9. The number of pyridine rings is 2. The number of alkyl halides is 6. The SMILES string of the molecule is FC(F)(F)c1cccc(C=Cc2ccnc(Br)c2)c1.Nc1cc(C=Cc2cccc(C(F)(F)F)c2)ccn1. The second-order valence-corrected chi connectivity index (χ2v) is 8.65. The normalized spacial score (nSPS) is 12.0. The van der Waals surface area contributed by atoms with Crippen LogP contribution in [0.5, 0.6) is 0 Å². The van der Waals surface area contributed by atoms with Crippen molar-refractivity contribution < 1.29 is 26.3 Å². The van der Waals surface area contributed by atoms with E-state index in [0.29, 0.717) is 21.5 Å². The lowest BCUT2D eigenvalue weighted by molar-refractivity contribution is -0.138. The quantitative estimate of drug-likeness (QED) is 0.190. The van der Waals surface area contributed by atoms with Crippen molar-refractivity contribution in [3.05, 3.63) is 123 Å². The second kappa shape index (κ2) is 12.6. The molecule has 196 valence electrons. The van der Waals surface area contributed by atoms with Gasteiger partial charge in [-0.25, -0.2) is 9.97 Å². The predicted octanol–water partition coefficient (Wildman–Crippen LogP) is 8.89. The highest BCUT2D eigenvalue weighted by Crippen LogP contribution is 2.31. The van der Waals surface area contributed by atoms with E-state index in [0.717, 1.165) is 35.4 Å². The lowest BCUT2D eigenvalue weighted by Gasteiger charge is -2.06. The van der Waals surface area contributed by atoms with Crippen molar-refractivity contribution in [2.24, 2.45) is 0 Å². The van der Waals surface area contributed by atoms with E-state index in [2.05, 4.69) is 25.9 Å². The maximum absolute atomic E-state index is 12.5. The number of aromatic nitrogens is 2. The van der Waals surface area contributed by atoms with Gasteiger partial charge >= 0.3 is 12.4 Å². The summed E-state index contributed by atoms with van der Waals surface area (Å²) in [5.74, 6) is 0.367. The largest absolute Gasteiger partial charge is 0.416 e. The standard InChI is InChI=1S/C14H9BrF3N.C14H11F3N2/c15-13-9-11(6-7-19-13)5-4-10-2-1-3-12(8-10)14(16,17)18;15-14(16,17)12-3-1-2-10(8-12)4-5-11-6-7-19-13(18)9-11/h1-9H;1-9H,(H2,18,19). The summed E-state index contributed by atoms with van der Waals surface area (Å²) in [5, 5.41) is 0. The second-order valence-electron chi connectivity index (χ2n) is 7.84. The van der Waals surface area contributed by atoms with Crippen molar-refractivity contribution in [2.75, 3.05) is 5.73 Å². The molecule has 4 aromatic rings. The monoisotopic (exact) mass is 591 g/mol. The number of nitrogens with zero attached hydrogens (tertiary/aromatic N) is 2. The van der Waals surface area contributed by atoms with Crippen molar-refractivity contribution in [1.29, 1.82) is 0 Å². The molecule has 0 spiro atoms. The molecule has 2 aromatic carbocycles. The fourth-order valence-electron chi connectivity index (χ4n) is 3.11. The molecular formula is C28H20BrF6N3. The van der Waals surface area contributed by atoms with E-state index in [-0.39, 0.29) is 0 Å². The summed E-state index contributed by atoms with van der Waals surface area (Å²) in [6, 6.07) is 17.2. The van der Waals surface area contributed by atoms with Crippen LogP contribution in [0.2, 0.25) is 0 Å². The Morgan fingerprint density at radius 2 is 1.00 bits per heavy atom. The lowest BCUT2D eigenvalue weighted by Crippen LogP contribution is -2.04. The van der Waals surface area contributed by atoms with Crippen LogP contribution in [0.15, 0.2) is 89.8 Å². The zero-order valence-corrected chi connectivity index (χ0v) is 21.1. The molecule has 0 aliphatic carbocycles. The molecule has 0 saturated heterocycles. The molecule has 2 N–H and O–H groups in total. The molecule has 4 rings (SSSR count). The van der Waals surface area contributed by atoms with Gasteiger partial charge in [0.1, 0.15) is 10.4 Å². The predicted molar refractivity (Wildman–Crippen MR) is 141 cm³/mol. The molecule has 0 aliphatic heterocycles. The Hall–Kier alpha value is -3.92. The van der Waals surface area contributed by atoms with Gasteiger partial charge in [0.25, 0.3) is 0 Å². The Bertz CT molecular complexity index is 1320. The molecule has 2 heterocycles. The van der Waals surface area contributed by atoms with Gasteiger partial charge in [-0.05, 0) is 86.7 Å². The molecule has 0 fully saturated rings. The highest BCUT2D eigenvalue weighted by Gasteiger charge is 2.30. The van der Waals surface area contributed by atoms with Crippen LogP contribution in [0.4, 0.5) is 32.2 Å². The van der Waals surface area contributed by atoms with E-state index in [1.807, 2.05) is 0 Å². The van der Waals surface area contributed by atoms with E-state index >= 15 is 0 Å². The molecule has 0 aliphatic rings. The Kier molecular flexibility index (Phi) is 9.46. The fraction of sp³-hybridized carbons (Fsp3) is 0.0714. The maximum atomic E-state index is 12.5. The van der Waals surface area contributed by atoms with Gasteiger partial charge in [0.2, 0.25) is 0 Å². The Morgan fingerprint density at radius 3 is 1.42 bits per heavy atom. The molecule has 0 saturated carbocycles. The molecule has 10 heteroatoms. The van der Waals surface area contributed by atoms with Crippen molar-refractivity contribution in [1.82, 2.24) is 9.97 Å². The minimum absolute atomic E-state index is 0.367. The van der Waals surface area contributed by atoms with Gasteiger partial charge in [-0.15, -0.1) is 0 Å². The van der Waals surface area contributed by atoms with Gasteiger partial charge in [0.05, 0.1) is 11.1 Å². The van der Waals surface area contributed by atoms with Crippen molar-refractivity contribution in [2.45, 2.75) is 12.4 Å². The van der Waals surface area contributed by atoms with Crippen LogP contribution in [0.3, 0.4) is 0 Å². The number of benzene rings is 2. The van der Waals surface area contributed by atoms with Gasteiger partial charge < -0.3 is 5.73 Å². The first-order valence-corrected chi connectivity index (χ1v) is 11.7. The van der Waals surface area contributed by atoms with Crippen molar-refractivity contribution in [3.63, 3.8) is 0 Å². The summed E-state index contributed by atoms with van der Waals surface area (Å²) in [6.07, 6.45) is 1.18. The number of rotatable bonds is 4. The van der Waals surface area contributed by atoms with E-state index in [4.69, 9.17) is 5.73 Å². The first-order valence-electron chi connectivity index (χ1n) is 10.9. The molecule has 3 nitrogen and oxygen atoms in total. The lowest BCUT2D eigenvalue weighted by atomic mass is 10.1. The highest BCUT2D eigenvalue weighted by molar-refractivity contribution is 9.10. The molecule has 0 unspecified atom stereocenters. The summed E-state index contributed by atoms with van der Waals surface area (Å²) in [5.41, 5.74) is 6.83. The summed E-state index contributed by atoms with van der Waals surface area (Å²) >= 11 is 3.23. The zero-order valence-electron chi connectivity index (χ0n) is 19.5. The zero-order chi connectivity index (χ0) is 27.8. The van der Waals surface area contributed by atoms with Gasteiger partial charge in [-0.2, -0.15) is 26.3 Å². The van der Waals surface area contributed by atoms with Crippen LogP contribution in [0.25, 0.3) is 24.3 Å².